The van der Waals surface area contributed by atoms with Crippen LogP contribution in [0.1, 0.15) is 0 Å². The average Bonchev–Trinajstić information content (AvgIpc) is 1.41. The minimum atomic E-state index is 1.28. The van der Waals surface area contributed by atoms with Gasteiger partial charge in [0.05, 0.1) is 0 Å². The van der Waals surface area contributed by atoms with Gasteiger partial charge in [-0.15, -0.1) is 0 Å². The van der Waals surface area contributed by atoms with Crippen molar-refractivity contribution in [1.82, 2.24) is 0 Å². The minimum Gasteiger partial charge on any atom is -0.268 e. The van der Waals surface area contributed by atoms with Gasteiger partial charge >= 0.3 is 0 Å². The molecule has 0 heterocycles. The van der Waals surface area contributed by atoms with Gasteiger partial charge in [0.1, 0.15) is 0 Å². The molecule has 0 unspecified atom stereocenters. The molecular formula is CH5NS3. The molecular weight excluding hydrogens is 122 g/mol. The summed E-state index contributed by atoms with van der Waals surface area (Å²) < 4.78 is 0. The summed E-state index contributed by atoms with van der Waals surface area (Å²) in [6, 6.07) is 0. The molecule has 0 spiro atoms. The Kier molecular flexibility index (Phi) is 6.02. The Morgan fingerprint density at radius 3 is 2.20 bits per heavy atom. The topological polar surface area (TPSA) is 26.0 Å². The maximum Gasteiger partial charge on any atom is -0.00276 e. The third-order valence-corrected chi connectivity index (χ3v) is 2.90. The molecule has 0 radical (unpaired) electrons. The van der Waals surface area contributed by atoms with Crippen LogP contribution in [0, 0.1) is 0 Å². The Balaban J connectivity index is 2.19. The third kappa shape index (κ3) is 5.01. The van der Waals surface area contributed by atoms with E-state index in [0.29, 0.717) is 0 Å². The Labute approximate surface area is 43.4 Å². The van der Waals surface area contributed by atoms with E-state index in [0.717, 1.165) is 0 Å². The number of nitrogens with two attached hydrogens (primary N) is 1. The van der Waals surface area contributed by atoms with Crippen LogP contribution in [-0.4, -0.2) is 6.26 Å². The summed E-state index contributed by atoms with van der Waals surface area (Å²) in [5.74, 6) is 0. The monoisotopic (exact) mass is 127 g/mol. The summed E-state index contributed by atoms with van der Waals surface area (Å²) in [5, 5.41) is 5.00. The van der Waals surface area contributed by atoms with Gasteiger partial charge in [-0.05, 0) is 27.1 Å². The average molecular weight is 127 g/mol. The van der Waals surface area contributed by atoms with Crippen molar-refractivity contribution in [2.24, 2.45) is 5.14 Å². The van der Waals surface area contributed by atoms with Gasteiger partial charge in [0.25, 0.3) is 0 Å². The lowest BCUT2D eigenvalue weighted by Crippen LogP contribution is -1.62. The van der Waals surface area contributed by atoms with Crippen molar-refractivity contribution >= 4 is 31.6 Å². The highest BCUT2D eigenvalue weighted by molar-refractivity contribution is 9.08. The predicted molar refractivity (Wildman–Crippen MR) is 32.9 cm³/mol. The van der Waals surface area contributed by atoms with Crippen molar-refractivity contribution in [3.8, 4) is 0 Å². The molecule has 0 aliphatic carbocycles. The number of hydrogen-bond acceptors (Lipinski definition) is 4. The van der Waals surface area contributed by atoms with E-state index >= 15 is 0 Å². The van der Waals surface area contributed by atoms with E-state index in [-0.39, 0.29) is 0 Å². The third-order valence-electron chi connectivity index (χ3n) is 0.107. The minimum absolute atomic E-state index is 1.28. The molecule has 0 saturated carbocycles. The first-order chi connectivity index (χ1) is 2.41. The van der Waals surface area contributed by atoms with E-state index in [1.54, 1.807) is 20.6 Å². The molecule has 2 N–H and O–H groups in total. The van der Waals surface area contributed by atoms with Gasteiger partial charge in [-0.3, -0.25) is 5.14 Å². The van der Waals surface area contributed by atoms with Crippen LogP contribution in [0.2, 0.25) is 0 Å². The van der Waals surface area contributed by atoms with E-state index in [1.807, 2.05) is 6.26 Å². The zero-order valence-electron chi connectivity index (χ0n) is 2.80. The van der Waals surface area contributed by atoms with Crippen molar-refractivity contribution in [3.05, 3.63) is 0 Å². The highest BCUT2D eigenvalue weighted by Gasteiger charge is 1.69. The Morgan fingerprint density at radius 2 is 2.20 bits per heavy atom. The number of hydrogen-bond donors (Lipinski definition) is 1. The van der Waals surface area contributed by atoms with Crippen LogP contribution in [0.15, 0.2) is 0 Å². The molecule has 0 aliphatic heterocycles. The predicted octanol–water partition coefficient (Wildman–Crippen LogP) is 1.52. The zero-order chi connectivity index (χ0) is 4.12. The van der Waals surface area contributed by atoms with E-state index in [9.17, 15) is 0 Å². The van der Waals surface area contributed by atoms with Crippen LogP contribution in [-0.2, 0) is 0 Å². The molecule has 0 aromatic rings. The van der Waals surface area contributed by atoms with Gasteiger partial charge in [0, 0.05) is 0 Å². The first-order valence-electron chi connectivity index (χ1n) is 0.977. The molecule has 0 rings (SSSR count). The largest absolute Gasteiger partial charge is 0.268 e. The molecule has 0 saturated heterocycles. The molecule has 0 atom stereocenters. The van der Waals surface area contributed by atoms with E-state index < -0.39 is 0 Å². The summed E-state index contributed by atoms with van der Waals surface area (Å²) in [6.07, 6.45) is 1.99. The van der Waals surface area contributed by atoms with Gasteiger partial charge < -0.3 is 0 Å². The molecule has 5 heavy (non-hydrogen) atoms. The van der Waals surface area contributed by atoms with Crippen LogP contribution in [0.3, 0.4) is 0 Å². The normalized spacial score (nSPS) is 8.40. The van der Waals surface area contributed by atoms with Gasteiger partial charge in [0.15, 0.2) is 0 Å². The fourth-order valence-corrected chi connectivity index (χ4v) is 1.06. The summed E-state index contributed by atoms with van der Waals surface area (Å²) in [6.45, 7) is 0. The van der Waals surface area contributed by atoms with Crippen LogP contribution >= 0.6 is 31.6 Å². The van der Waals surface area contributed by atoms with E-state index in [1.165, 1.54) is 11.0 Å². The molecule has 0 aromatic carbocycles. The fourth-order valence-electron chi connectivity index (χ4n) is 0.0393. The molecule has 0 fully saturated rings. The molecule has 1 nitrogen and oxygen atoms in total. The summed E-state index contributed by atoms with van der Waals surface area (Å²) in [5.41, 5.74) is 0. The molecule has 0 bridgehead atoms. The maximum atomic E-state index is 5.00. The molecule has 0 aliphatic rings. The smallest absolute Gasteiger partial charge is 0.00276 e. The molecule has 0 amide bonds. The van der Waals surface area contributed by atoms with Crippen LogP contribution < -0.4 is 5.14 Å². The fraction of sp³-hybridized carbons (Fsp3) is 1.00. The lowest BCUT2D eigenvalue weighted by Gasteiger charge is -1.78. The van der Waals surface area contributed by atoms with Crippen LogP contribution in [0.5, 0.6) is 0 Å². The maximum absolute atomic E-state index is 5.00. The molecule has 32 valence electrons. The lowest BCUT2D eigenvalue weighted by molar-refractivity contribution is 2.07. The van der Waals surface area contributed by atoms with E-state index in [2.05, 4.69) is 0 Å². The Bertz CT molecular complexity index is 14.4. The zero-order valence-corrected chi connectivity index (χ0v) is 5.25. The van der Waals surface area contributed by atoms with Gasteiger partial charge in [0.2, 0.25) is 0 Å². The van der Waals surface area contributed by atoms with Crippen molar-refractivity contribution in [1.29, 1.82) is 0 Å². The van der Waals surface area contributed by atoms with Crippen molar-refractivity contribution in [2.75, 3.05) is 6.26 Å². The first-order valence-corrected chi connectivity index (χ1v) is 4.93. The second-order valence-corrected chi connectivity index (χ2v) is 4.20. The second-order valence-electron chi connectivity index (χ2n) is 0.331. The molecule has 0 aromatic heterocycles. The van der Waals surface area contributed by atoms with Gasteiger partial charge in [-0.25, -0.2) is 0 Å². The Morgan fingerprint density at radius 1 is 1.60 bits per heavy atom. The highest BCUT2D eigenvalue weighted by atomic mass is 33.5. The number of rotatable bonds is 2. The van der Waals surface area contributed by atoms with Crippen molar-refractivity contribution < 1.29 is 0 Å². The summed E-state index contributed by atoms with van der Waals surface area (Å²) in [4.78, 5) is 0. The van der Waals surface area contributed by atoms with Crippen LogP contribution in [0.25, 0.3) is 0 Å². The molecule has 4 heteroatoms. The summed E-state index contributed by atoms with van der Waals surface area (Å²) >= 11 is 0. The standard InChI is InChI=1S/CH5NS3/c1-3-5-4-2/h2H2,1H3. The van der Waals surface area contributed by atoms with Crippen LogP contribution in [0.4, 0.5) is 0 Å². The van der Waals surface area contributed by atoms with E-state index in [4.69, 9.17) is 5.14 Å². The summed E-state index contributed by atoms with van der Waals surface area (Å²) in [7, 11) is 4.51. The van der Waals surface area contributed by atoms with Crippen molar-refractivity contribution in [3.63, 3.8) is 0 Å². The lowest BCUT2D eigenvalue weighted by atomic mass is 12.0. The quantitative estimate of drug-likeness (QED) is 0.449. The van der Waals surface area contributed by atoms with Crippen molar-refractivity contribution in [2.45, 2.75) is 0 Å². The van der Waals surface area contributed by atoms with Gasteiger partial charge in [-0.1, -0.05) is 10.8 Å². The second kappa shape index (κ2) is 5.01. The SMILES string of the molecule is CSSSN. The Hall–Kier alpha value is 1.01. The highest BCUT2D eigenvalue weighted by Crippen LogP contribution is 2.25. The van der Waals surface area contributed by atoms with Gasteiger partial charge in [-0.2, -0.15) is 0 Å². The first kappa shape index (κ1) is 6.01.